The van der Waals surface area contributed by atoms with E-state index in [9.17, 15) is 27.2 Å². The summed E-state index contributed by atoms with van der Waals surface area (Å²) in [5.74, 6) is -1.71. The topological polar surface area (TPSA) is 104 Å². The standard InChI is InChI=1S/C30H34FN3O5S/c1-4-17-32-30(37)28(18-23-9-6-5-7-10-23)33(20-24-13-15-26(31)16-14-24)29(36)21-34(40(3,38)39)27-12-8-11-25(19-27)22(2)35/h5-16,19,28H,4,17-18,20-21H2,1-3H3,(H,32,37)/t28-/m1/s1. The first-order valence-electron chi connectivity index (χ1n) is 12.9. The molecule has 0 unspecified atom stereocenters. The minimum absolute atomic E-state index is 0.0543. The second kappa shape index (κ2) is 13.8. The van der Waals surface area contributed by atoms with E-state index in [4.69, 9.17) is 0 Å². The molecule has 2 amide bonds. The van der Waals surface area contributed by atoms with E-state index in [-0.39, 0.29) is 30.3 Å². The highest BCUT2D eigenvalue weighted by Crippen LogP contribution is 2.22. The fourth-order valence-corrected chi connectivity index (χ4v) is 5.04. The Morgan fingerprint density at radius 3 is 2.20 bits per heavy atom. The molecule has 0 spiro atoms. The smallest absolute Gasteiger partial charge is 0.244 e. The highest BCUT2D eigenvalue weighted by atomic mass is 32.2. The molecule has 0 aliphatic carbocycles. The highest BCUT2D eigenvalue weighted by Gasteiger charge is 2.33. The number of rotatable bonds is 13. The fraction of sp³-hybridized carbons (Fsp3) is 0.300. The van der Waals surface area contributed by atoms with Gasteiger partial charge < -0.3 is 10.2 Å². The third-order valence-corrected chi connectivity index (χ3v) is 7.45. The number of amides is 2. The van der Waals surface area contributed by atoms with E-state index in [2.05, 4.69) is 5.32 Å². The maximum absolute atomic E-state index is 14.0. The van der Waals surface area contributed by atoms with Gasteiger partial charge in [-0.05, 0) is 48.7 Å². The van der Waals surface area contributed by atoms with E-state index in [1.54, 1.807) is 12.1 Å². The number of carbonyl (C=O) groups excluding carboxylic acids is 3. The van der Waals surface area contributed by atoms with Crippen LogP contribution in [0.25, 0.3) is 0 Å². The normalized spacial score (nSPS) is 11.9. The van der Waals surface area contributed by atoms with Gasteiger partial charge in [-0.2, -0.15) is 0 Å². The molecular formula is C30H34FN3O5S. The summed E-state index contributed by atoms with van der Waals surface area (Å²) in [6.07, 6.45) is 1.84. The number of nitrogens with one attached hydrogen (secondary N) is 1. The van der Waals surface area contributed by atoms with Crippen molar-refractivity contribution < 1.29 is 27.2 Å². The molecule has 0 saturated heterocycles. The summed E-state index contributed by atoms with van der Waals surface area (Å²) >= 11 is 0. The number of Topliss-reactive ketones (excluding diaryl/α,β-unsaturated/α-hetero) is 1. The molecule has 212 valence electrons. The van der Waals surface area contributed by atoms with Crippen LogP contribution >= 0.6 is 0 Å². The summed E-state index contributed by atoms with van der Waals surface area (Å²) < 4.78 is 40.3. The third kappa shape index (κ3) is 8.47. The molecule has 1 atom stereocenters. The van der Waals surface area contributed by atoms with Crippen LogP contribution in [-0.2, 0) is 32.6 Å². The van der Waals surface area contributed by atoms with Gasteiger partial charge in [0.05, 0.1) is 11.9 Å². The van der Waals surface area contributed by atoms with Crippen molar-refractivity contribution in [2.24, 2.45) is 0 Å². The Labute approximate surface area is 234 Å². The van der Waals surface area contributed by atoms with Crippen molar-refractivity contribution in [3.63, 3.8) is 0 Å². The number of ketones is 1. The largest absolute Gasteiger partial charge is 0.354 e. The van der Waals surface area contributed by atoms with Gasteiger partial charge in [0.2, 0.25) is 21.8 Å². The minimum atomic E-state index is -3.96. The van der Waals surface area contributed by atoms with Crippen LogP contribution in [0.2, 0.25) is 0 Å². The predicted octanol–water partition coefficient (Wildman–Crippen LogP) is 3.96. The molecule has 0 saturated carbocycles. The third-order valence-electron chi connectivity index (χ3n) is 6.31. The summed E-state index contributed by atoms with van der Waals surface area (Å²) in [6.45, 7) is 3.01. The van der Waals surface area contributed by atoms with Crippen LogP contribution < -0.4 is 9.62 Å². The lowest BCUT2D eigenvalue weighted by atomic mass is 10.0. The first-order valence-corrected chi connectivity index (χ1v) is 14.8. The van der Waals surface area contributed by atoms with Crippen molar-refractivity contribution in [2.75, 3.05) is 23.7 Å². The Bertz CT molecular complexity index is 1430. The van der Waals surface area contributed by atoms with Crippen molar-refractivity contribution in [3.8, 4) is 0 Å². The number of anilines is 1. The summed E-state index contributed by atoms with van der Waals surface area (Å²) in [5, 5.41) is 2.86. The van der Waals surface area contributed by atoms with Gasteiger partial charge in [-0.25, -0.2) is 12.8 Å². The number of sulfonamides is 1. The van der Waals surface area contributed by atoms with Crippen LogP contribution in [0, 0.1) is 5.82 Å². The molecule has 3 aromatic carbocycles. The van der Waals surface area contributed by atoms with E-state index in [1.807, 2.05) is 37.3 Å². The van der Waals surface area contributed by atoms with Gasteiger partial charge in [-0.3, -0.25) is 18.7 Å². The zero-order chi connectivity index (χ0) is 29.3. The molecule has 3 aromatic rings. The Morgan fingerprint density at radius 1 is 0.925 bits per heavy atom. The number of benzene rings is 3. The second-order valence-electron chi connectivity index (χ2n) is 9.52. The van der Waals surface area contributed by atoms with Crippen molar-refractivity contribution in [1.29, 1.82) is 0 Å². The molecule has 0 aliphatic heterocycles. The zero-order valence-electron chi connectivity index (χ0n) is 22.8. The Hall–Kier alpha value is -4.05. The predicted molar refractivity (Wildman–Crippen MR) is 153 cm³/mol. The van der Waals surface area contributed by atoms with Gasteiger partial charge in [0.15, 0.2) is 5.78 Å². The zero-order valence-corrected chi connectivity index (χ0v) is 23.7. The molecule has 0 fully saturated rings. The Kier molecular flexibility index (Phi) is 10.6. The lowest BCUT2D eigenvalue weighted by molar-refractivity contribution is -0.140. The lowest BCUT2D eigenvalue weighted by Crippen LogP contribution is -2.53. The minimum Gasteiger partial charge on any atom is -0.354 e. The van der Waals surface area contributed by atoms with Crippen LogP contribution in [-0.4, -0.2) is 56.3 Å². The molecule has 0 aromatic heterocycles. The van der Waals surface area contributed by atoms with Gasteiger partial charge in [0.25, 0.3) is 0 Å². The molecule has 8 nitrogen and oxygen atoms in total. The summed E-state index contributed by atoms with van der Waals surface area (Å²) in [4.78, 5) is 40.7. The van der Waals surface area contributed by atoms with E-state index in [1.165, 1.54) is 48.2 Å². The Morgan fingerprint density at radius 2 is 1.60 bits per heavy atom. The highest BCUT2D eigenvalue weighted by molar-refractivity contribution is 7.92. The molecule has 0 aliphatic rings. The molecule has 3 rings (SSSR count). The molecule has 40 heavy (non-hydrogen) atoms. The quantitative estimate of drug-likeness (QED) is 0.315. The first kappa shape index (κ1) is 30.5. The number of halogens is 1. The van der Waals surface area contributed by atoms with Gasteiger partial charge in [-0.1, -0.05) is 61.5 Å². The van der Waals surface area contributed by atoms with Crippen LogP contribution in [0.5, 0.6) is 0 Å². The summed E-state index contributed by atoms with van der Waals surface area (Å²) in [7, 11) is -3.96. The first-order chi connectivity index (χ1) is 19.0. The van der Waals surface area contributed by atoms with E-state index in [0.717, 1.165) is 16.1 Å². The number of carbonyl (C=O) groups is 3. The van der Waals surface area contributed by atoms with Crippen LogP contribution in [0.1, 0.15) is 41.8 Å². The van der Waals surface area contributed by atoms with Crippen LogP contribution in [0.4, 0.5) is 10.1 Å². The molecule has 0 heterocycles. The maximum Gasteiger partial charge on any atom is 0.244 e. The van der Waals surface area contributed by atoms with Crippen molar-refractivity contribution in [3.05, 3.63) is 101 Å². The number of nitrogens with zero attached hydrogens (tertiary/aromatic N) is 2. The summed E-state index contributed by atoms with van der Waals surface area (Å²) in [6, 6.07) is 19.8. The van der Waals surface area contributed by atoms with Gasteiger partial charge >= 0.3 is 0 Å². The SMILES string of the molecule is CCCNC(=O)[C@@H](Cc1ccccc1)N(Cc1ccc(F)cc1)C(=O)CN(c1cccc(C(C)=O)c1)S(C)(=O)=O. The molecular weight excluding hydrogens is 533 g/mol. The van der Waals surface area contributed by atoms with Gasteiger partial charge in [-0.15, -0.1) is 0 Å². The summed E-state index contributed by atoms with van der Waals surface area (Å²) in [5.41, 5.74) is 1.83. The average Bonchev–Trinajstić information content (AvgIpc) is 2.93. The van der Waals surface area contributed by atoms with Crippen LogP contribution in [0.15, 0.2) is 78.9 Å². The van der Waals surface area contributed by atoms with Crippen LogP contribution in [0.3, 0.4) is 0 Å². The van der Waals surface area contributed by atoms with Crippen molar-refractivity contribution in [2.45, 2.75) is 39.3 Å². The lowest BCUT2D eigenvalue weighted by Gasteiger charge is -2.33. The van der Waals surface area contributed by atoms with E-state index < -0.39 is 34.3 Å². The molecule has 0 bridgehead atoms. The molecule has 1 N–H and O–H groups in total. The monoisotopic (exact) mass is 567 g/mol. The van der Waals surface area contributed by atoms with Gasteiger partial charge in [0, 0.05) is 25.1 Å². The van der Waals surface area contributed by atoms with E-state index >= 15 is 0 Å². The molecule has 10 heteroatoms. The number of hydrogen-bond acceptors (Lipinski definition) is 5. The maximum atomic E-state index is 14.0. The Balaban J connectivity index is 2.05. The van der Waals surface area contributed by atoms with Gasteiger partial charge in [0.1, 0.15) is 18.4 Å². The molecule has 0 radical (unpaired) electrons. The van der Waals surface area contributed by atoms with Crippen molar-refractivity contribution >= 4 is 33.3 Å². The van der Waals surface area contributed by atoms with E-state index in [0.29, 0.717) is 24.1 Å². The average molecular weight is 568 g/mol. The van der Waals surface area contributed by atoms with Crippen molar-refractivity contribution in [1.82, 2.24) is 10.2 Å². The number of hydrogen-bond donors (Lipinski definition) is 1. The second-order valence-corrected chi connectivity index (χ2v) is 11.4. The fourth-order valence-electron chi connectivity index (χ4n) is 4.20.